The fourth-order valence-corrected chi connectivity index (χ4v) is 1.01. The molecule has 0 saturated carbocycles. The van der Waals surface area contributed by atoms with Gasteiger partial charge in [0.15, 0.2) is 0 Å². The van der Waals surface area contributed by atoms with Crippen LogP contribution in [0.4, 0.5) is 0 Å². The van der Waals surface area contributed by atoms with Gasteiger partial charge >= 0.3 is 7.32 Å². The predicted octanol–water partition coefficient (Wildman–Crippen LogP) is 0.701. The van der Waals surface area contributed by atoms with Crippen molar-refractivity contribution in [3.63, 3.8) is 0 Å². The van der Waals surface area contributed by atoms with Crippen LogP contribution in [0.3, 0.4) is 0 Å². The molecule has 1 rings (SSSR count). The second-order valence-corrected chi connectivity index (χ2v) is 5.19. The van der Waals surface area contributed by atoms with Gasteiger partial charge in [0.25, 0.3) is 0 Å². The number of aliphatic hydroxyl groups is 1. The molecule has 0 radical (unpaired) electrons. The summed E-state index contributed by atoms with van der Waals surface area (Å²) in [6.45, 7) is 7.85. The highest BCUT2D eigenvalue weighted by Crippen LogP contribution is 2.26. The van der Waals surface area contributed by atoms with E-state index in [9.17, 15) is 5.11 Å². The van der Waals surface area contributed by atoms with E-state index >= 15 is 0 Å². The fraction of sp³-hybridized carbons (Fsp3) is 0.538. The highest BCUT2D eigenvalue weighted by atomic mass is 16.5. The summed E-state index contributed by atoms with van der Waals surface area (Å²) in [4.78, 5) is 0. The van der Waals surface area contributed by atoms with Gasteiger partial charge in [-0.2, -0.15) is 0 Å². The minimum Gasteiger partial charge on any atom is -0.402 e. The van der Waals surface area contributed by atoms with E-state index in [1.165, 1.54) is 0 Å². The van der Waals surface area contributed by atoms with E-state index in [2.05, 4.69) is 0 Å². The van der Waals surface area contributed by atoms with Crippen LogP contribution < -0.4 is 0 Å². The highest BCUT2D eigenvalue weighted by molar-refractivity contribution is 6.30. The van der Waals surface area contributed by atoms with E-state index in [-0.39, 0.29) is 0 Å². The first-order valence-electron chi connectivity index (χ1n) is 6.01. The maximum absolute atomic E-state index is 9.90. The molecule has 0 atom stereocenters. The van der Waals surface area contributed by atoms with Gasteiger partial charge in [0.1, 0.15) is 0 Å². The van der Waals surface area contributed by atoms with Gasteiger partial charge in [-0.25, -0.2) is 0 Å². The Balaban J connectivity index is 0.000000711. The first kappa shape index (κ1) is 18.1. The Kier molecular flexibility index (Phi) is 7.25. The van der Waals surface area contributed by atoms with E-state index in [1.54, 1.807) is 13.8 Å². The molecule has 0 heterocycles. The quantitative estimate of drug-likeness (QED) is 0.605. The Morgan fingerprint density at radius 3 is 1.79 bits per heavy atom. The molecular weight excluding hydrogens is 247 g/mol. The Hall–Kier alpha value is -0.915. The third-order valence-electron chi connectivity index (χ3n) is 2.92. The zero-order valence-corrected chi connectivity index (χ0v) is 11.9. The monoisotopic (exact) mass is 270 g/mol. The summed E-state index contributed by atoms with van der Waals surface area (Å²) in [7, 11) is -2.17. The second kappa shape index (κ2) is 7.62. The van der Waals surface area contributed by atoms with Crippen LogP contribution in [-0.4, -0.2) is 38.7 Å². The van der Waals surface area contributed by atoms with Gasteiger partial charge in [-0.3, -0.25) is 0 Å². The van der Waals surface area contributed by atoms with Gasteiger partial charge in [0.2, 0.25) is 0 Å². The van der Waals surface area contributed by atoms with E-state index in [0.717, 1.165) is 5.56 Å². The van der Waals surface area contributed by atoms with Crippen LogP contribution in [0.2, 0.25) is 0 Å². The molecule has 5 nitrogen and oxygen atoms in total. The van der Waals surface area contributed by atoms with Crippen LogP contribution in [0, 0.1) is 0 Å². The van der Waals surface area contributed by atoms with Crippen LogP contribution in [-0.2, 0) is 11.3 Å². The molecule has 1 aromatic carbocycles. The summed E-state index contributed by atoms with van der Waals surface area (Å²) < 4.78 is 5.73. The molecule has 0 aliphatic carbocycles. The highest BCUT2D eigenvalue weighted by Gasteiger charge is 2.35. The standard InChI is InChI=1S/C13H20O2.BH3O3/c1-12(2,14)13(3,4)15-10-11-8-6-5-7-9-11;2-1(3)4/h5-9,14H,10H2,1-4H3;2-4H. The Morgan fingerprint density at radius 2 is 1.42 bits per heavy atom. The number of hydrogen-bond acceptors (Lipinski definition) is 5. The maximum Gasteiger partial charge on any atom is 0.631 e. The maximum atomic E-state index is 9.90. The normalized spacial score (nSPS) is 11.6. The lowest BCUT2D eigenvalue weighted by molar-refractivity contribution is -0.153. The predicted molar refractivity (Wildman–Crippen MR) is 74.0 cm³/mol. The Morgan fingerprint density at radius 1 is 1.00 bits per heavy atom. The van der Waals surface area contributed by atoms with Crippen molar-refractivity contribution >= 4 is 7.32 Å². The van der Waals surface area contributed by atoms with Crippen molar-refractivity contribution in [3.8, 4) is 0 Å². The van der Waals surface area contributed by atoms with Gasteiger partial charge in [0, 0.05) is 0 Å². The topological polar surface area (TPSA) is 90.2 Å². The molecule has 1 aromatic rings. The Labute approximate surface area is 114 Å². The van der Waals surface area contributed by atoms with Gasteiger partial charge in [-0.15, -0.1) is 0 Å². The number of hydrogen-bond donors (Lipinski definition) is 4. The Bertz CT molecular complexity index is 343. The van der Waals surface area contributed by atoms with E-state index in [1.807, 2.05) is 44.2 Å². The van der Waals surface area contributed by atoms with Gasteiger partial charge in [-0.05, 0) is 33.3 Å². The van der Waals surface area contributed by atoms with Crippen molar-refractivity contribution in [2.45, 2.75) is 45.5 Å². The molecule has 0 aliphatic rings. The third-order valence-corrected chi connectivity index (χ3v) is 2.92. The molecule has 0 unspecified atom stereocenters. The lowest BCUT2D eigenvalue weighted by Crippen LogP contribution is -2.47. The lowest BCUT2D eigenvalue weighted by Gasteiger charge is -2.37. The molecule has 0 fully saturated rings. The van der Waals surface area contributed by atoms with Gasteiger partial charge in [-0.1, -0.05) is 30.3 Å². The largest absolute Gasteiger partial charge is 0.631 e. The SMILES string of the molecule is CC(C)(O)C(C)(C)OCc1ccccc1.OB(O)O. The van der Waals surface area contributed by atoms with Crippen molar-refractivity contribution in [2.24, 2.45) is 0 Å². The average molecular weight is 270 g/mol. The molecule has 0 spiro atoms. The molecule has 4 N–H and O–H groups in total. The van der Waals surface area contributed by atoms with E-state index in [4.69, 9.17) is 19.8 Å². The van der Waals surface area contributed by atoms with Crippen molar-refractivity contribution in [2.75, 3.05) is 0 Å². The van der Waals surface area contributed by atoms with Crippen molar-refractivity contribution in [3.05, 3.63) is 35.9 Å². The average Bonchev–Trinajstić information content (AvgIpc) is 2.26. The van der Waals surface area contributed by atoms with Crippen LogP contribution in [0.5, 0.6) is 0 Å². The van der Waals surface area contributed by atoms with Crippen LogP contribution in [0.15, 0.2) is 30.3 Å². The first-order chi connectivity index (χ1) is 8.56. The number of benzene rings is 1. The smallest absolute Gasteiger partial charge is 0.402 e. The molecule has 6 heteroatoms. The van der Waals surface area contributed by atoms with Crippen LogP contribution in [0.25, 0.3) is 0 Å². The van der Waals surface area contributed by atoms with Crippen molar-refractivity contribution in [1.82, 2.24) is 0 Å². The summed E-state index contributed by atoms with van der Waals surface area (Å²) >= 11 is 0. The summed E-state index contributed by atoms with van der Waals surface area (Å²) in [5, 5.41) is 31.4. The molecule has 0 aromatic heterocycles. The van der Waals surface area contributed by atoms with Crippen molar-refractivity contribution in [1.29, 1.82) is 0 Å². The summed E-state index contributed by atoms with van der Waals surface area (Å²) in [6.07, 6.45) is 0. The first-order valence-corrected chi connectivity index (χ1v) is 6.01. The molecule has 0 aliphatic heterocycles. The van der Waals surface area contributed by atoms with Crippen molar-refractivity contribution < 1.29 is 24.9 Å². The third kappa shape index (κ3) is 7.97. The zero-order chi connectivity index (χ0) is 15.1. The molecule has 0 amide bonds. The lowest BCUT2D eigenvalue weighted by atomic mass is 9.89. The zero-order valence-electron chi connectivity index (χ0n) is 11.9. The van der Waals surface area contributed by atoms with E-state index in [0.29, 0.717) is 6.61 Å². The number of ether oxygens (including phenoxy) is 1. The summed E-state index contributed by atoms with van der Waals surface area (Å²) in [5.74, 6) is 0. The summed E-state index contributed by atoms with van der Waals surface area (Å²) in [6, 6.07) is 9.97. The summed E-state index contributed by atoms with van der Waals surface area (Å²) in [5.41, 5.74) is -0.278. The van der Waals surface area contributed by atoms with E-state index < -0.39 is 18.5 Å². The molecule has 0 saturated heterocycles. The molecule has 108 valence electrons. The fourth-order valence-electron chi connectivity index (χ4n) is 1.01. The van der Waals surface area contributed by atoms with Gasteiger partial charge in [0.05, 0.1) is 17.8 Å². The molecule has 0 bridgehead atoms. The van der Waals surface area contributed by atoms with Crippen LogP contribution in [0.1, 0.15) is 33.3 Å². The minimum absolute atomic E-state index is 0.526. The van der Waals surface area contributed by atoms with Gasteiger partial charge < -0.3 is 24.9 Å². The molecular formula is C13H23BO5. The van der Waals surface area contributed by atoms with Crippen LogP contribution >= 0.6 is 0 Å². The minimum atomic E-state index is -2.17. The number of rotatable bonds is 4. The second-order valence-electron chi connectivity index (χ2n) is 5.19. The molecule has 19 heavy (non-hydrogen) atoms.